The highest BCUT2D eigenvalue weighted by atomic mass is 35.5. The number of Topliss-reactive ketones (excluding diaryl/α,β-unsaturated/α-hetero) is 1. The Bertz CT molecular complexity index is 814. The second-order valence-electron chi connectivity index (χ2n) is 5.45. The Balaban J connectivity index is 1.82. The summed E-state index contributed by atoms with van der Waals surface area (Å²) in [6.07, 6.45) is 1.94. The Morgan fingerprint density at radius 2 is 1.91 bits per heavy atom. The molecule has 1 fully saturated rings. The standard InChI is InChI=1S/C15H13Cl3N2O3/c1-20-15(22)12(13(19-20)7-2-3-7)11(21)6-23-14-9(17)4-8(16)5-10(14)18/h4-5,7,19H,2-3,6H2,1H3. The lowest BCUT2D eigenvalue weighted by molar-refractivity contribution is 0.0919. The minimum Gasteiger partial charge on any atom is -0.482 e. The van der Waals surface area contributed by atoms with Crippen molar-refractivity contribution in [1.82, 2.24) is 9.78 Å². The first-order valence-electron chi connectivity index (χ1n) is 6.98. The number of rotatable bonds is 5. The van der Waals surface area contributed by atoms with Crippen molar-refractivity contribution in [1.29, 1.82) is 0 Å². The molecule has 2 aromatic rings. The highest BCUT2D eigenvalue weighted by Crippen LogP contribution is 2.40. The van der Waals surface area contributed by atoms with Gasteiger partial charge < -0.3 is 4.74 Å². The van der Waals surface area contributed by atoms with Gasteiger partial charge in [0, 0.05) is 18.0 Å². The molecule has 1 N–H and O–H groups in total. The summed E-state index contributed by atoms with van der Waals surface area (Å²) in [5.74, 6) is 0.00723. The zero-order valence-corrected chi connectivity index (χ0v) is 14.4. The van der Waals surface area contributed by atoms with Crippen LogP contribution in [-0.2, 0) is 7.05 Å². The molecule has 0 radical (unpaired) electrons. The summed E-state index contributed by atoms with van der Waals surface area (Å²) >= 11 is 17.9. The summed E-state index contributed by atoms with van der Waals surface area (Å²) in [6.45, 7) is -0.326. The van der Waals surface area contributed by atoms with Crippen molar-refractivity contribution >= 4 is 40.6 Å². The van der Waals surface area contributed by atoms with Gasteiger partial charge >= 0.3 is 0 Å². The maximum absolute atomic E-state index is 12.4. The van der Waals surface area contributed by atoms with Crippen molar-refractivity contribution in [2.75, 3.05) is 6.61 Å². The molecule has 0 unspecified atom stereocenters. The zero-order valence-electron chi connectivity index (χ0n) is 12.2. The second kappa shape index (κ2) is 6.23. The van der Waals surface area contributed by atoms with Crippen LogP contribution in [0.15, 0.2) is 16.9 Å². The third-order valence-electron chi connectivity index (χ3n) is 3.65. The van der Waals surface area contributed by atoms with E-state index in [4.69, 9.17) is 39.5 Å². The molecule has 122 valence electrons. The highest BCUT2D eigenvalue weighted by Gasteiger charge is 2.32. The molecule has 1 heterocycles. The van der Waals surface area contributed by atoms with Crippen LogP contribution in [0.2, 0.25) is 15.1 Å². The van der Waals surface area contributed by atoms with Gasteiger partial charge in [-0.15, -0.1) is 0 Å². The molecule has 0 aliphatic heterocycles. The molecule has 23 heavy (non-hydrogen) atoms. The van der Waals surface area contributed by atoms with Crippen LogP contribution in [0.4, 0.5) is 0 Å². The molecule has 8 heteroatoms. The lowest BCUT2D eigenvalue weighted by atomic mass is 10.1. The predicted molar refractivity (Wildman–Crippen MR) is 89.3 cm³/mol. The fourth-order valence-electron chi connectivity index (χ4n) is 2.38. The number of ketones is 1. The van der Waals surface area contributed by atoms with E-state index in [1.807, 2.05) is 0 Å². The monoisotopic (exact) mass is 374 g/mol. The van der Waals surface area contributed by atoms with Crippen LogP contribution in [0.25, 0.3) is 0 Å². The van der Waals surface area contributed by atoms with Crippen LogP contribution >= 0.6 is 34.8 Å². The predicted octanol–water partition coefficient (Wildman–Crippen LogP) is 3.81. The van der Waals surface area contributed by atoms with E-state index in [-0.39, 0.29) is 39.4 Å². The minimum absolute atomic E-state index is 0.149. The van der Waals surface area contributed by atoms with E-state index in [9.17, 15) is 9.59 Å². The smallest absolute Gasteiger partial charge is 0.277 e. The number of ether oxygens (including phenoxy) is 1. The van der Waals surface area contributed by atoms with Crippen molar-refractivity contribution in [2.45, 2.75) is 18.8 Å². The van der Waals surface area contributed by atoms with Gasteiger partial charge in [0.05, 0.1) is 15.7 Å². The van der Waals surface area contributed by atoms with Gasteiger partial charge in [-0.2, -0.15) is 0 Å². The lowest BCUT2D eigenvalue weighted by Crippen LogP contribution is -2.23. The quantitative estimate of drug-likeness (QED) is 0.808. The molecule has 1 aromatic carbocycles. The number of hydrogen-bond donors (Lipinski definition) is 1. The number of carbonyl (C=O) groups is 1. The Labute approximate surface area is 147 Å². The molecule has 0 amide bonds. The van der Waals surface area contributed by atoms with Crippen molar-refractivity contribution < 1.29 is 9.53 Å². The fourth-order valence-corrected chi connectivity index (χ4v) is 3.31. The third-order valence-corrected chi connectivity index (χ3v) is 4.43. The van der Waals surface area contributed by atoms with Gasteiger partial charge in [0.25, 0.3) is 5.56 Å². The second-order valence-corrected chi connectivity index (χ2v) is 6.70. The van der Waals surface area contributed by atoms with E-state index < -0.39 is 5.78 Å². The first-order chi connectivity index (χ1) is 10.9. The number of H-pyrrole nitrogens is 1. The average molecular weight is 376 g/mol. The van der Waals surface area contributed by atoms with Crippen LogP contribution in [-0.4, -0.2) is 22.2 Å². The number of hydrogen-bond acceptors (Lipinski definition) is 3. The summed E-state index contributed by atoms with van der Waals surface area (Å²) in [5.41, 5.74) is 0.476. The maximum atomic E-state index is 12.4. The van der Waals surface area contributed by atoms with Gasteiger partial charge in [0.2, 0.25) is 5.78 Å². The molecule has 5 nitrogen and oxygen atoms in total. The third kappa shape index (κ3) is 3.27. The molecule has 1 aliphatic carbocycles. The first-order valence-corrected chi connectivity index (χ1v) is 8.11. The number of carbonyl (C=O) groups excluding carboxylic acids is 1. The van der Waals surface area contributed by atoms with E-state index in [1.54, 1.807) is 7.05 Å². The number of aromatic amines is 1. The van der Waals surface area contributed by atoms with Gasteiger partial charge in [-0.1, -0.05) is 34.8 Å². The van der Waals surface area contributed by atoms with E-state index in [1.165, 1.54) is 16.8 Å². The fraction of sp³-hybridized carbons (Fsp3) is 0.333. The summed E-state index contributed by atoms with van der Waals surface area (Å²) in [7, 11) is 1.58. The van der Waals surface area contributed by atoms with Crippen LogP contribution in [0.3, 0.4) is 0 Å². The number of benzene rings is 1. The lowest BCUT2D eigenvalue weighted by Gasteiger charge is -2.09. The average Bonchev–Trinajstić information content (AvgIpc) is 3.25. The molecule has 0 saturated heterocycles. The van der Waals surface area contributed by atoms with E-state index in [0.29, 0.717) is 10.7 Å². The Hall–Kier alpha value is -1.43. The summed E-state index contributed by atoms with van der Waals surface area (Å²) in [4.78, 5) is 24.6. The normalized spacial score (nSPS) is 14.1. The van der Waals surface area contributed by atoms with Gasteiger partial charge in [-0.25, -0.2) is 0 Å². The van der Waals surface area contributed by atoms with Crippen molar-refractivity contribution in [3.63, 3.8) is 0 Å². The van der Waals surface area contributed by atoms with Crippen LogP contribution < -0.4 is 10.3 Å². The van der Waals surface area contributed by atoms with Crippen LogP contribution in [0.1, 0.15) is 34.8 Å². The largest absolute Gasteiger partial charge is 0.482 e. The maximum Gasteiger partial charge on any atom is 0.277 e. The molecule has 1 aliphatic rings. The van der Waals surface area contributed by atoms with Crippen molar-refractivity contribution in [3.05, 3.63) is 48.8 Å². The van der Waals surface area contributed by atoms with E-state index in [0.717, 1.165) is 12.8 Å². The Morgan fingerprint density at radius 1 is 1.30 bits per heavy atom. The molecular weight excluding hydrogens is 363 g/mol. The summed E-state index contributed by atoms with van der Waals surface area (Å²) < 4.78 is 6.73. The van der Waals surface area contributed by atoms with Crippen molar-refractivity contribution in [3.8, 4) is 5.75 Å². The number of nitrogens with one attached hydrogen (secondary N) is 1. The summed E-state index contributed by atoms with van der Waals surface area (Å²) in [5, 5.41) is 3.73. The highest BCUT2D eigenvalue weighted by molar-refractivity contribution is 6.40. The number of aromatic nitrogens is 2. The molecule has 0 bridgehead atoms. The van der Waals surface area contributed by atoms with Crippen LogP contribution in [0.5, 0.6) is 5.75 Å². The van der Waals surface area contributed by atoms with E-state index >= 15 is 0 Å². The van der Waals surface area contributed by atoms with Gasteiger partial charge in [-0.05, 0) is 25.0 Å². The minimum atomic E-state index is -0.407. The van der Waals surface area contributed by atoms with Gasteiger partial charge in [-0.3, -0.25) is 19.4 Å². The number of nitrogens with zero attached hydrogens (tertiary/aromatic N) is 1. The number of halogens is 3. The topological polar surface area (TPSA) is 64.1 Å². The molecular formula is C15H13Cl3N2O3. The van der Waals surface area contributed by atoms with Gasteiger partial charge in [0.1, 0.15) is 5.56 Å². The Morgan fingerprint density at radius 3 is 2.48 bits per heavy atom. The van der Waals surface area contributed by atoms with E-state index in [2.05, 4.69) is 5.10 Å². The molecule has 1 aromatic heterocycles. The summed E-state index contributed by atoms with van der Waals surface area (Å²) in [6, 6.07) is 2.94. The zero-order chi connectivity index (χ0) is 16.7. The van der Waals surface area contributed by atoms with Gasteiger partial charge in [0.15, 0.2) is 12.4 Å². The SMILES string of the molecule is Cn1[nH]c(C2CC2)c(C(=O)COc2c(Cl)cc(Cl)cc2Cl)c1=O. The molecule has 3 rings (SSSR count). The van der Waals surface area contributed by atoms with Crippen LogP contribution in [0, 0.1) is 0 Å². The first kappa shape index (κ1) is 16.4. The number of aryl methyl sites for hydroxylation is 1. The Kier molecular flexibility index (Phi) is 4.45. The molecule has 1 saturated carbocycles. The molecule has 0 spiro atoms. The van der Waals surface area contributed by atoms with Crippen molar-refractivity contribution in [2.24, 2.45) is 7.05 Å². The molecule has 0 atom stereocenters.